The lowest BCUT2D eigenvalue weighted by Crippen LogP contribution is -2.35. The van der Waals surface area contributed by atoms with Crippen LogP contribution in [0.25, 0.3) is 91.4 Å². The molecule has 0 bridgehead atoms. The second-order valence-corrected chi connectivity index (χ2v) is 18.0. The number of allylic oxidation sites excluding steroid dienone is 2. The van der Waals surface area contributed by atoms with E-state index in [4.69, 9.17) is 0 Å². The van der Waals surface area contributed by atoms with Gasteiger partial charge in [0, 0.05) is 31.5 Å². The molecule has 0 saturated carbocycles. The summed E-state index contributed by atoms with van der Waals surface area (Å²) < 4.78 is 2.66. The number of hydrogen-bond acceptors (Lipinski definition) is 2. The third kappa shape index (κ3) is 6.72. The van der Waals surface area contributed by atoms with Crippen molar-refractivity contribution in [2.75, 3.05) is 4.90 Å². The Labute approximate surface area is 372 Å². The van der Waals surface area contributed by atoms with Crippen LogP contribution >= 0.6 is 11.3 Å². The molecule has 0 spiro atoms. The first-order valence-electron chi connectivity index (χ1n) is 21.9. The molecular weight excluding hydrogens is 779 g/mol. The standard InChI is InChI=1S/C61H43NS/c1-40-35-46(47-27-32-56-50(37-47)24-23-43-12-3-5-19-54(43)56)29-34-59(40)62(51-30-25-41(26-31-51)48-28-33-58-57-20-6-7-22-60(57)63-61(58)39-48)52-17-9-15-45(38-52)44-14-8-16-49(36-44)55-21-10-13-42-11-2-4-18-53(42)55/h2-40,59H,1H3. The van der Waals surface area contributed by atoms with Gasteiger partial charge in [0.05, 0.1) is 6.04 Å². The smallest absolute Gasteiger partial charge is 0.0585 e. The van der Waals surface area contributed by atoms with Gasteiger partial charge in [-0.1, -0.05) is 189 Å². The van der Waals surface area contributed by atoms with Gasteiger partial charge in [0.25, 0.3) is 0 Å². The summed E-state index contributed by atoms with van der Waals surface area (Å²) in [4.78, 5) is 2.54. The molecular formula is C61H43NS. The van der Waals surface area contributed by atoms with E-state index in [1.165, 1.54) is 108 Å². The molecule has 1 heterocycles. The summed E-state index contributed by atoms with van der Waals surface area (Å²) in [5.74, 6) is 0.227. The quantitative estimate of drug-likeness (QED) is 0.145. The average molecular weight is 822 g/mol. The van der Waals surface area contributed by atoms with Gasteiger partial charge in [-0.25, -0.2) is 0 Å². The second-order valence-electron chi connectivity index (χ2n) is 16.9. The number of fused-ring (bicyclic) bond motifs is 7. The molecule has 11 aromatic rings. The van der Waals surface area contributed by atoms with E-state index in [0.29, 0.717) is 0 Å². The Bertz CT molecular complexity index is 3600. The van der Waals surface area contributed by atoms with Crippen LogP contribution in [0.5, 0.6) is 0 Å². The van der Waals surface area contributed by atoms with Crippen molar-refractivity contribution in [3.8, 4) is 33.4 Å². The summed E-state index contributed by atoms with van der Waals surface area (Å²) >= 11 is 1.87. The molecule has 0 N–H and O–H groups in total. The van der Waals surface area contributed by atoms with Gasteiger partial charge in [-0.15, -0.1) is 11.3 Å². The highest BCUT2D eigenvalue weighted by Crippen LogP contribution is 2.41. The maximum atomic E-state index is 2.54. The van der Waals surface area contributed by atoms with Gasteiger partial charge in [-0.05, 0) is 131 Å². The second kappa shape index (κ2) is 15.4. The van der Waals surface area contributed by atoms with E-state index < -0.39 is 0 Å². The highest BCUT2D eigenvalue weighted by molar-refractivity contribution is 7.25. The fraction of sp³-hybridized carbons (Fsp3) is 0.0492. The van der Waals surface area contributed by atoms with Crippen molar-refractivity contribution >= 4 is 80.8 Å². The third-order valence-electron chi connectivity index (χ3n) is 13.1. The molecule has 0 radical (unpaired) electrons. The number of benzene rings is 10. The molecule has 2 unspecified atom stereocenters. The molecule has 1 aliphatic rings. The first-order chi connectivity index (χ1) is 31.1. The Kier molecular flexibility index (Phi) is 9.13. The molecule has 12 rings (SSSR count). The first-order valence-corrected chi connectivity index (χ1v) is 22.7. The van der Waals surface area contributed by atoms with Gasteiger partial charge in [-0.3, -0.25) is 0 Å². The Balaban J connectivity index is 0.919. The zero-order chi connectivity index (χ0) is 41.9. The predicted octanol–water partition coefficient (Wildman–Crippen LogP) is 17.3. The summed E-state index contributed by atoms with van der Waals surface area (Å²) in [5.41, 5.74) is 12.2. The Morgan fingerprint density at radius 3 is 1.84 bits per heavy atom. The summed E-state index contributed by atoms with van der Waals surface area (Å²) in [6, 6.07) is 78.5. The zero-order valence-electron chi connectivity index (χ0n) is 34.9. The number of rotatable bonds is 7. The van der Waals surface area contributed by atoms with Gasteiger partial charge in [0.1, 0.15) is 0 Å². The van der Waals surface area contributed by atoms with Crippen LogP contribution in [0, 0.1) is 5.92 Å². The van der Waals surface area contributed by atoms with Gasteiger partial charge in [-0.2, -0.15) is 0 Å². The first kappa shape index (κ1) is 37.3. The molecule has 2 atom stereocenters. The van der Waals surface area contributed by atoms with Gasteiger partial charge < -0.3 is 4.90 Å². The lowest BCUT2D eigenvalue weighted by atomic mass is 9.87. The van der Waals surface area contributed by atoms with Crippen LogP contribution in [0.2, 0.25) is 0 Å². The number of thiophene rings is 1. The van der Waals surface area contributed by atoms with E-state index in [1.54, 1.807) is 0 Å². The van der Waals surface area contributed by atoms with E-state index in [2.05, 4.69) is 242 Å². The van der Waals surface area contributed by atoms with Crippen molar-refractivity contribution in [3.05, 3.63) is 236 Å². The minimum Gasteiger partial charge on any atom is -0.334 e. The van der Waals surface area contributed by atoms with Crippen LogP contribution in [0.15, 0.2) is 231 Å². The van der Waals surface area contributed by atoms with Crippen molar-refractivity contribution in [2.45, 2.75) is 13.0 Å². The molecule has 1 aliphatic carbocycles. The third-order valence-corrected chi connectivity index (χ3v) is 14.2. The summed E-state index contributed by atoms with van der Waals surface area (Å²) in [7, 11) is 0. The zero-order valence-corrected chi connectivity index (χ0v) is 35.8. The number of hydrogen-bond donors (Lipinski definition) is 0. The summed E-state index contributed by atoms with van der Waals surface area (Å²) in [6.45, 7) is 2.36. The Hall–Kier alpha value is -7.52. The minimum absolute atomic E-state index is 0.0937. The maximum absolute atomic E-state index is 2.54. The maximum Gasteiger partial charge on any atom is 0.0585 e. The van der Waals surface area contributed by atoms with Gasteiger partial charge in [0.2, 0.25) is 0 Å². The van der Waals surface area contributed by atoms with Crippen molar-refractivity contribution in [1.29, 1.82) is 0 Å². The van der Waals surface area contributed by atoms with Crippen molar-refractivity contribution in [1.82, 2.24) is 0 Å². The molecule has 10 aromatic carbocycles. The largest absolute Gasteiger partial charge is 0.334 e. The van der Waals surface area contributed by atoms with Crippen molar-refractivity contribution in [2.24, 2.45) is 5.92 Å². The van der Waals surface area contributed by atoms with E-state index in [0.717, 1.165) is 0 Å². The van der Waals surface area contributed by atoms with Crippen LogP contribution in [0.1, 0.15) is 12.5 Å². The van der Waals surface area contributed by atoms with Crippen molar-refractivity contribution < 1.29 is 0 Å². The normalized spacial score (nSPS) is 15.1. The predicted molar refractivity (Wildman–Crippen MR) is 273 cm³/mol. The molecule has 0 amide bonds. The number of nitrogens with zero attached hydrogens (tertiary/aromatic N) is 1. The van der Waals surface area contributed by atoms with Crippen LogP contribution in [0.3, 0.4) is 0 Å². The molecule has 2 heteroatoms. The lowest BCUT2D eigenvalue weighted by molar-refractivity contribution is 0.611. The highest BCUT2D eigenvalue weighted by Gasteiger charge is 2.27. The van der Waals surface area contributed by atoms with Crippen LogP contribution in [0.4, 0.5) is 11.4 Å². The number of anilines is 2. The highest BCUT2D eigenvalue weighted by atomic mass is 32.1. The van der Waals surface area contributed by atoms with Gasteiger partial charge >= 0.3 is 0 Å². The van der Waals surface area contributed by atoms with Gasteiger partial charge in [0.15, 0.2) is 0 Å². The molecule has 1 nitrogen and oxygen atoms in total. The van der Waals surface area contributed by atoms with Crippen LogP contribution < -0.4 is 4.90 Å². The topological polar surface area (TPSA) is 3.24 Å². The Morgan fingerprint density at radius 1 is 0.381 bits per heavy atom. The molecule has 63 heavy (non-hydrogen) atoms. The minimum atomic E-state index is 0.0937. The van der Waals surface area contributed by atoms with Crippen LogP contribution in [-0.2, 0) is 0 Å². The van der Waals surface area contributed by atoms with E-state index in [9.17, 15) is 0 Å². The fourth-order valence-electron chi connectivity index (χ4n) is 9.91. The lowest BCUT2D eigenvalue weighted by Gasteiger charge is -2.37. The van der Waals surface area contributed by atoms with E-state index in [-0.39, 0.29) is 12.0 Å². The molecule has 0 fully saturated rings. The van der Waals surface area contributed by atoms with Crippen LogP contribution in [-0.4, -0.2) is 6.04 Å². The summed E-state index contributed by atoms with van der Waals surface area (Å²) in [5, 5.41) is 10.3. The molecule has 0 aliphatic heterocycles. The Morgan fingerprint density at radius 2 is 0.984 bits per heavy atom. The molecule has 1 aromatic heterocycles. The van der Waals surface area contributed by atoms with E-state index in [1.807, 2.05) is 11.3 Å². The van der Waals surface area contributed by atoms with E-state index >= 15 is 0 Å². The SMILES string of the molecule is CC1C=C(c2ccc3c(ccc4ccccc43)c2)C=CC1N(c1ccc(-c2ccc3c(c2)sc2ccccc23)cc1)c1cccc(-c2cccc(-c3cccc4ccccc34)c2)c1. The monoisotopic (exact) mass is 821 g/mol. The van der Waals surface area contributed by atoms with Crippen molar-refractivity contribution in [3.63, 3.8) is 0 Å². The average Bonchev–Trinajstić information content (AvgIpc) is 3.72. The summed E-state index contributed by atoms with van der Waals surface area (Å²) in [6.07, 6.45) is 7.22. The molecule has 0 saturated heterocycles. The fourth-order valence-corrected chi connectivity index (χ4v) is 11.1. The molecule has 298 valence electrons.